The molecule has 3 rings (SSSR count). The van der Waals surface area contributed by atoms with Gasteiger partial charge in [0.2, 0.25) is 11.8 Å². The Kier molecular flexibility index (Phi) is 5.18. The first-order valence-corrected chi connectivity index (χ1v) is 8.40. The highest BCUT2D eigenvalue weighted by molar-refractivity contribution is 6.31. The van der Waals surface area contributed by atoms with Gasteiger partial charge in [0.05, 0.1) is 6.04 Å². The average Bonchev–Trinajstić information content (AvgIpc) is 2.90. The van der Waals surface area contributed by atoms with Crippen molar-refractivity contribution < 1.29 is 14.3 Å². The van der Waals surface area contributed by atoms with Crippen molar-refractivity contribution in [2.45, 2.75) is 31.8 Å². The number of carbonyl (C=O) groups is 2. The first-order chi connectivity index (χ1) is 11.1. The molecule has 5 nitrogen and oxygen atoms in total. The minimum absolute atomic E-state index is 0.0106. The number of nitrogens with one attached hydrogen (secondary N) is 1. The quantitative estimate of drug-likeness (QED) is 0.914. The van der Waals surface area contributed by atoms with Crippen LogP contribution in [0.25, 0.3) is 0 Å². The standard InChI is InChI=1S/C17H21ClN2O3/c18-15-4-2-1-3-13(15)10-20-11-14(9-16(20)21)19-17(22)12-5-7-23-8-6-12/h1-4,12,14H,5-11H2,(H,19,22)/t14-/m1/s1. The Balaban J connectivity index is 1.55. The fourth-order valence-corrected chi connectivity index (χ4v) is 3.33. The van der Waals surface area contributed by atoms with Gasteiger partial charge in [0.25, 0.3) is 0 Å². The molecule has 1 aromatic rings. The Hall–Kier alpha value is -1.59. The Morgan fingerprint density at radius 1 is 1.30 bits per heavy atom. The summed E-state index contributed by atoms with van der Waals surface area (Å²) in [5.74, 6) is 0.115. The van der Waals surface area contributed by atoms with Crippen LogP contribution in [0.1, 0.15) is 24.8 Å². The molecule has 1 N–H and O–H groups in total. The highest BCUT2D eigenvalue weighted by Gasteiger charge is 2.32. The number of halogens is 1. The molecular weight excluding hydrogens is 316 g/mol. The van der Waals surface area contributed by atoms with Gasteiger partial charge in [-0.15, -0.1) is 0 Å². The number of hydrogen-bond acceptors (Lipinski definition) is 3. The zero-order chi connectivity index (χ0) is 16.2. The van der Waals surface area contributed by atoms with Crippen LogP contribution in [0.5, 0.6) is 0 Å². The molecule has 6 heteroatoms. The van der Waals surface area contributed by atoms with Gasteiger partial charge < -0.3 is 15.0 Å². The third-order valence-electron chi connectivity index (χ3n) is 4.47. The average molecular weight is 337 g/mol. The van der Waals surface area contributed by atoms with Crippen LogP contribution in [0, 0.1) is 5.92 Å². The summed E-state index contributed by atoms with van der Waals surface area (Å²) in [4.78, 5) is 26.2. The largest absolute Gasteiger partial charge is 0.381 e. The molecule has 0 spiro atoms. The lowest BCUT2D eigenvalue weighted by Crippen LogP contribution is -2.42. The van der Waals surface area contributed by atoms with E-state index in [0.29, 0.717) is 37.7 Å². The van der Waals surface area contributed by atoms with Gasteiger partial charge in [-0.05, 0) is 24.5 Å². The Labute approximate surface area is 140 Å². The van der Waals surface area contributed by atoms with Gasteiger partial charge in [-0.1, -0.05) is 29.8 Å². The molecule has 2 saturated heterocycles. The molecule has 2 aliphatic rings. The number of likely N-dealkylation sites (tertiary alicyclic amines) is 1. The predicted molar refractivity (Wildman–Crippen MR) is 87.0 cm³/mol. The van der Waals surface area contributed by atoms with Crippen molar-refractivity contribution >= 4 is 23.4 Å². The van der Waals surface area contributed by atoms with Crippen LogP contribution in [0.15, 0.2) is 24.3 Å². The number of amides is 2. The fraction of sp³-hybridized carbons (Fsp3) is 0.529. The first-order valence-electron chi connectivity index (χ1n) is 8.03. The second kappa shape index (κ2) is 7.32. The molecule has 0 aliphatic carbocycles. The molecule has 0 unspecified atom stereocenters. The van der Waals surface area contributed by atoms with Gasteiger partial charge in [-0.25, -0.2) is 0 Å². The molecule has 1 aromatic carbocycles. The zero-order valence-electron chi connectivity index (χ0n) is 13.0. The number of carbonyl (C=O) groups excluding carboxylic acids is 2. The topological polar surface area (TPSA) is 58.6 Å². The minimum Gasteiger partial charge on any atom is -0.381 e. The monoisotopic (exact) mass is 336 g/mol. The van der Waals surface area contributed by atoms with Gasteiger partial charge in [-0.2, -0.15) is 0 Å². The van der Waals surface area contributed by atoms with Crippen LogP contribution >= 0.6 is 11.6 Å². The molecule has 2 fully saturated rings. The number of hydrogen-bond donors (Lipinski definition) is 1. The Bertz CT molecular complexity index is 587. The molecule has 23 heavy (non-hydrogen) atoms. The smallest absolute Gasteiger partial charge is 0.225 e. The molecule has 2 aliphatic heterocycles. The van der Waals surface area contributed by atoms with Crippen molar-refractivity contribution in [3.8, 4) is 0 Å². The molecule has 0 bridgehead atoms. The second-order valence-electron chi connectivity index (χ2n) is 6.16. The summed E-state index contributed by atoms with van der Waals surface area (Å²) in [6.07, 6.45) is 1.88. The fourth-order valence-electron chi connectivity index (χ4n) is 3.13. The summed E-state index contributed by atoms with van der Waals surface area (Å²) >= 11 is 6.15. The van der Waals surface area contributed by atoms with Crippen LogP contribution in [0.3, 0.4) is 0 Å². The normalized spacial score (nSPS) is 22.4. The van der Waals surface area contributed by atoms with Crippen molar-refractivity contribution in [2.75, 3.05) is 19.8 Å². The third-order valence-corrected chi connectivity index (χ3v) is 4.84. The van der Waals surface area contributed by atoms with E-state index in [1.807, 2.05) is 24.3 Å². The van der Waals surface area contributed by atoms with E-state index >= 15 is 0 Å². The SMILES string of the molecule is O=C(N[C@@H]1CC(=O)N(Cc2ccccc2Cl)C1)C1CCOCC1. The van der Waals surface area contributed by atoms with Crippen molar-refractivity contribution in [2.24, 2.45) is 5.92 Å². The maximum absolute atomic E-state index is 12.3. The first kappa shape index (κ1) is 16.3. The highest BCUT2D eigenvalue weighted by atomic mass is 35.5. The minimum atomic E-state index is -0.111. The number of rotatable bonds is 4. The van der Waals surface area contributed by atoms with Gasteiger partial charge in [-0.3, -0.25) is 9.59 Å². The number of ether oxygens (including phenoxy) is 1. The van der Waals surface area contributed by atoms with Gasteiger partial charge in [0, 0.05) is 43.7 Å². The van der Waals surface area contributed by atoms with Crippen molar-refractivity contribution in [3.05, 3.63) is 34.9 Å². The summed E-state index contributed by atoms with van der Waals surface area (Å²) in [5, 5.41) is 3.68. The summed E-state index contributed by atoms with van der Waals surface area (Å²) in [6, 6.07) is 7.41. The Morgan fingerprint density at radius 2 is 2.04 bits per heavy atom. The van der Waals surface area contributed by atoms with Crippen molar-refractivity contribution in [3.63, 3.8) is 0 Å². The van der Waals surface area contributed by atoms with Crippen LogP contribution in [-0.2, 0) is 20.9 Å². The van der Waals surface area contributed by atoms with Crippen LogP contribution < -0.4 is 5.32 Å². The predicted octanol–water partition coefficient (Wildman–Crippen LogP) is 1.98. The Morgan fingerprint density at radius 3 is 2.78 bits per heavy atom. The van der Waals surface area contributed by atoms with E-state index in [4.69, 9.17) is 16.3 Å². The molecule has 0 saturated carbocycles. The van der Waals surface area contributed by atoms with Crippen molar-refractivity contribution in [1.29, 1.82) is 0 Å². The van der Waals surface area contributed by atoms with E-state index in [1.54, 1.807) is 4.90 Å². The highest BCUT2D eigenvalue weighted by Crippen LogP contribution is 2.21. The number of nitrogens with zero attached hydrogens (tertiary/aromatic N) is 1. The molecule has 2 amide bonds. The van der Waals surface area contributed by atoms with E-state index in [-0.39, 0.29) is 23.8 Å². The number of benzene rings is 1. The molecule has 0 aromatic heterocycles. The van der Waals surface area contributed by atoms with E-state index in [0.717, 1.165) is 18.4 Å². The van der Waals surface area contributed by atoms with Crippen molar-refractivity contribution in [1.82, 2.24) is 10.2 Å². The molecule has 2 heterocycles. The molecule has 0 radical (unpaired) electrons. The zero-order valence-corrected chi connectivity index (χ0v) is 13.7. The third kappa shape index (κ3) is 4.03. The molecule has 1 atom stereocenters. The summed E-state index contributed by atoms with van der Waals surface area (Å²) < 4.78 is 5.28. The lowest BCUT2D eigenvalue weighted by molar-refractivity contribution is -0.128. The summed E-state index contributed by atoms with van der Waals surface area (Å²) in [5.41, 5.74) is 0.930. The summed E-state index contributed by atoms with van der Waals surface area (Å²) in [6.45, 7) is 2.31. The second-order valence-corrected chi connectivity index (χ2v) is 6.57. The van der Waals surface area contributed by atoms with E-state index in [2.05, 4.69) is 5.32 Å². The maximum Gasteiger partial charge on any atom is 0.225 e. The van der Waals surface area contributed by atoms with Crippen LogP contribution in [-0.4, -0.2) is 42.5 Å². The van der Waals surface area contributed by atoms with E-state index in [9.17, 15) is 9.59 Å². The van der Waals surface area contributed by atoms with Gasteiger partial charge in [0.1, 0.15) is 0 Å². The lowest BCUT2D eigenvalue weighted by Gasteiger charge is -2.23. The van der Waals surface area contributed by atoms with Gasteiger partial charge in [0.15, 0.2) is 0 Å². The lowest BCUT2D eigenvalue weighted by atomic mass is 9.99. The van der Waals surface area contributed by atoms with E-state index in [1.165, 1.54) is 0 Å². The van der Waals surface area contributed by atoms with Crippen LogP contribution in [0.2, 0.25) is 5.02 Å². The summed E-state index contributed by atoms with van der Waals surface area (Å²) in [7, 11) is 0. The van der Waals surface area contributed by atoms with Gasteiger partial charge >= 0.3 is 0 Å². The molecule has 124 valence electrons. The molecular formula is C17H21ClN2O3. The maximum atomic E-state index is 12.3. The van der Waals surface area contributed by atoms with Crippen LogP contribution in [0.4, 0.5) is 0 Å². The van der Waals surface area contributed by atoms with E-state index < -0.39 is 0 Å².